The summed E-state index contributed by atoms with van der Waals surface area (Å²) in [6.45, 7) is 0. The first-order valence-electron chi connectivity index (χ1n) is 5.21. The number of fused-ring (bicyclic) bond motifs is 1. The summed E-state index contributed by atoms with van der Waals surface area (Å²) in [5.74, 6) is -0.813. The van der Waals surface area contributed by atoms with Crippen LogP contribution in [0.2, 0.25) is 0 Å². The van der Waals surface area contributed by atoms with Crippen LogP contribution in [0.5, 0.6) is 5.75 Å². The predicted octanol–water partition coefficient (Wildman–Crippen LogP) is 0.209. The van der Waals surface area contributed by atoms with Gasteiger partial charge in [0.1, 0.15) is 18.2 Å². The average molecular weight is 264 g/mol. The number of aromatic nitrogens is 1. The fourth-order valence-electron chi connectivity index (χ4n) is 1.80. The third kappa shape index (κ3) is 1.74. The molecule has 0 bridgehead atoms. The van der Waals surface area contributed by atoms with Crippen LogP contribution in [0.25, 0.3) is 10.9 Å². The third-order valence-electron chi connectivity index (χ3n) is 2.67. The molecule has 7 heteroatoms. The van der Waals surface area contributed by atoms with Crippen molar-refractivity contribution in [3.63, 3.8) is 0 Å². The van der Waals surface area contributed by atoms with Gasteiger partial charge in [-0.2, -0.15) is 15.8 Å². The standard InChI is InChI=1S/C13H4N4O3/c14-3-6-1-9-12(8(5-16)7(6)4-15)10(18)2-11(19)13(20)17-9/h1-2,19H,(H,17,20). The highest BCUT2D eigenvalue weighted by atomic mass is 16.3. The maximum atomic E-state index is 11.9. The summed E-state index contributed by atoms with van der Waals surface area (Å²) in [4.78, 5) is 25.6. The van der Waals surface area contributed by atoms with E-state index in [1.54, 1.807) is 18.2 Å². The fraction of sp³-hybridized carbons (Fsp3) is 0. The maximum absolute atomic E-state index is 11.9. The van der Waals surface area contributed by atoms with E-state index in [1.165, 1.54) is 0 Å². The lowest BCUT2D eigenvalue weighted by Gasteiger charge is -2.00. The molecule has 2 rings (SSSR count). The first-order valence-corrected chi connectivity index (χ1v) is 5.21. The zero-order valence-corrected chi connectivity index (χ0v) is 9.76. The molecule has 0 spiro atoms. The molecule has 0 saturated carbocycles. The van der Waals surface area contributed by atoms with E-state index in [0.717, 1.165) is 6.07 Å². The lowest BCUT2D eigenvalue weighted by atomic mass is 9.99. The molecule has 2 N–H and O–H groups in total. The largest absolute Gasteiger partial charge is 0.503 e. The number of hydrogen-bond donors (Lipinski definition) is 2. The van der Waals surface area contributed by atoms with Crippen LogP contribution in [-0.2, 0) is 0 Å². The molecule has 7 nitrogen and oxygen atoms in total. The summed E-state index contributed by atoms with van der Waals surface area (Å²) < 4.78 is 0. The molecule has 0 unspecified atom stereocenters. The Labute approximate surface area is 111 Å². The monoisotopic (exact) mass is 264 g/mol. The fourth-order valence-corrected chi connectivity index (χ4v) is 1.80. The minimum Gasteiger partial charge on any atom is -0.503 e. The second kappa shape index (κ2) is 4.56. The van der Waals surface area contributed by atoms with Gasteiger partial charge in [-0.1, -0.05) is 0 Å². The lowest BCUT2D eigenvalue weighted by Crippen LogP contribution is -2.03. The normalized spacial score (nSPS) is 9.45. The molecular formula is C13H4N4O3. The highest BCUT2D eigenvalue weighted by Crippen LogP contribution is 2.20. The molecule has 0 aliphatic rings. The van der Waals surface area contributed by atoms with E-state index < -0.39 is 16.7 Å². The van der Waals surface area contributed by atoms with Gasteiger partial charge in [0.05, 0.1) is 27.6 Å². The van der Waals surface area contributed by atoms with Crippen molar-refractivity contribution in [2.45, 2.75) is 0 Å². The summed E-state index contributed by atoms with van der Waals surface area (Å²) in [7, 11) is 0. The molecular weight excluding hydrogens is 260 g/mol. The number of rotatable bonds is 0. The Bertz CT molecular complexity index is 984. The first-order chi connectivity index (χ1) is 9.53. The van der Waals surface area contributed by atoms with Crippen LogP contribution < -0.4 is 11.0 Å². The Morgan fingerprint density at radius 1 is 1.00 bits per heavy atom. The van der Waals surface area contributed by atoms with Crippen LogP contribution in [0, 0.1) is 34.0 Å². The molecule has 0 aliphatic carbocycles. The Kier molecular flexibility index (Phi) is 2.93. The molecule has 1 heterocycles. The highest BCUT2D eigenvalue weighted by Gasteiger charge is 2.16. The second-order valence-electron chi connectivity index (χ2n) is 3.78. The van der Waals surface area contributed by atoms with Crippen molar-refractivity contribution < 1.29 is 5.11 Å². The summed E-state index contributed by atoms with van der Waals surface area (Å²) in [6.07, 6.45) is 0. The number of nitrogens with one attached hydrogen (secondary N) is 1. The maximum Gasteiger partial charge on any atom is 0.290 e. The lowest BCUT2D eigenvalue weighted by molar-refractivity contribution is 0.468. The van der Waals surface area contributed by atoms with Crippen LogP contribution >= 0.6 is 0 Å². The van der Waals surface area contributed by atoms with Gasteiger partial charge in [-0.25, -0.2) is 0 Å². The van der Waals surface area contributed by atoms with Gasteiger partial charge < -0.3 is 10.1 Å². The topological polar surface area (TPSA) is 142 Å². The molecule has 0 radical (unpaired) electrons. The van der Waals surface area contributed by atoms with E-state index in [-0.39, 0.29) is 27.6 Å². The zero-order valence-electron chi connectivity index (χ0n) is 9.76. The highest BCUT2D eigenvalue weighted by molar-refractivity contribution is 5.88. The van der Waals surface area contributed by atoms with E-state index in [0.29, 0.717) is 6.07 Å². The molecule has 0 fully saturated rings. The van der Waals surface area contributed by atoms with E-state index in [2.05, 4.69) is 4.98 Å². The summed E-state index contributed by atoms with van der Waals surface area (Å²) in [6, 6.07) is 6.87. The van der Waals surface area contributed by atoms with E-state index in [1.807, 2.05) is 0 Å². The van der Waals surface area contributed by atoms with Gasteiger partial charge in [0.25, 0.3) is 5.56 Å². The van der Waals surface area contributed by atoms with Crippen molar-refractivity contribution in [1.29, 1.82) is 15.8 Å². The van der Waals surface area contributed by atoms with Gasteiger partial charge in [-0.3, -0.25) is 9.59 Å². The van der Waals surface area contributed by atoms with Gasteiger partial charge in [0, 0.05) is 6.07 Å². The van der Waals surface area contributed by atoms with Crippen molar-refractivity contribution >= 4 is 10.9 Å². The Morgan fingerprint density at radius 3 is 2.20 bits per heavy atom. The summed E-state index contributed by atoms with van der Waals surface area (Å²) >= 11 is 0. The summed E-state index contributed by atoms with van der Waals surface area (Å²) in [5, 5.41) is 36.2. The van der Waals surface area contributed by atoms with Gasteiger partial charge in [-0.05, 0) is 6.07 Å². The quantitative estimate of drug-likeness (QED) is 0.696. The van der Waals surface area contributed by atoms with Crippen LogP contribution in [0.4, 0.5) is 0 Å². The number of aromatic hydroxyl groups is 1. The molecule has 2 aromatic rings. The number of benzene rings is 1. The SMILES string of the molecule is N#Cc1cc2[nH]c(=O)c(O)cc(=O)c2c(C#N)c1C#N. The third-order valence-corrected chi connectivity index (χ3v) is 2.67. The van der Waals surface area contributed by atoms with Crippen molar-refractivity contribution in [1.82, 2.24) is 4.98 Å². The number of H-pyrrole nitrogens is 1. The average Bonchev–Trinajstić information content (AvgIpc) is 2.54. The van der Waals surface area contributed by atoms with Crippen LogP contribution in [0.1, 0.15) is 16.7 Å². The van der Waals surface area contributed by atoms with E-state index in [9.17, 15) is 14.7 Å². The van der Waals surface area contributed by atoms with Crippen LogP contribution in [0.15, 0.2) is 21.7 Å². The van der Waals surface area contributed by atoms with Crippen LogP contribution in [-0.4, -0.2) is 10.1 Å². The van der Waals surface area contributed by atoms with Gasteiger partial charge in [0.2, 0.25) is 0 Å². The Morgan fingerprint density at radius 2 is 1.65 bits per heavy atom. The predicted molar refractivity (Wildman–Crippen MR) is 66.6 cm³/mol. The van der Waals surface area contributed by atoms with Gasteiger partial charge in [0.15, 0.2) is 11.2 Å². The van der Waals surface area contributed by atoms with Crippen molar-refractivity contribution in [3.8, 4) is 24.0 Å². The van der Waals surface area contributed by atoms with E-state index in [4.69, 9.17) is 15.8 Å². The number of nitriles is 3. The number of aromatic amines is 1. The summed E-state index contributed by atoms with van der Waals surface area (Å²) in [5.41, 5.74) is -2.52. The van der Waals surface area contributed by atoms with Crippen molar-refractivity contribution in [3.05, 3.63) is 49.4 Å². The molecule has 0 amide bonds. The first kappa shape index (κ1) is 12.8. The van der Waals surface area contributed by atoms with Crippen molar-refractivity contribution in [2.24, 2.45) is 0 Å². The minimum absolute atomic E-state index is 0.0904. The minimum atomic E-state index is -0.936. The molecule has 0 atom stereocenters. The van der Waals surface area contributed by atoms with Crippen LogP contribution in [0.3, 0.4) is 0 Å². The molecule has 0 saturated heterocycles. The van der Waals surface area contributed by atoms with E-state index >= 15 is 0 Å². The van der Waals surface area contributed by atoms with Gasteiger partial charge >= 0.3 is 0 Å². The Balaban J connectivity index is 3.30. The number of nitrogens with zero attached hydrogens (tertiary/aromatic N) is 3. The van der Waals surface area contributed by atoms with Gasteiger partial charge in [-0.15, -0.1) is 0 Å². The molecule has 20 heavy (non-hydrogen) atoms. The molecule has 1 aromatic carbocycles. The second-order valence-corrected chi connectivity index (χ2v) is 3.78. The number of hydrogen-bond acceptors (Lipinski definition) is 6. The molecule has 1 aromatic heterocycles. The zero-order chi connectivity index (χ0) is 14.9. The Hall–Kier alpha value is -3.63. The molecule has 94 valence electrons. The smallest absolute Gasteiger partial charge is 0.290 e. The molecule has 0 aliphatic heterocycles. The van der Waals surface area contributed by atoms with Crippen molar-refractivity contribution in [2.75, 3.05) is 0 Å².